The minimum absolute atomic E-state index is 0.0890. The number of primary amides is 1. The summed E-state index contributed by atoms with van der Waals surface area (Å²) < 4.78 is 0. The summed E-state index contributed by atoms with van der Waals surface area (Å²) in [6.45, 7) is 7.05. The van der Waals surface area contributed by atoms with Gasteiger partial charge in [-0.15, -0.1) is 0 Å². The van der Waals surface area contributed by atoms with E-state index in [9.17, 15) is 9.59 Å². The summed E-state index contributed by atoms with van der Waals surface area (Å²) in [4.78, 5) is 31.0. The molecule has 2 N–H and O–H groups in total. The first-order valence-corrected chi connectivity index (χ1v) is 11.6. The molecule has 0 radical (unpaired) electrons. The Balaban J connectivity index is 1.46. The van der Waals surface area contributed by atoms with Gasteiger partial charge in [0.25, 0.3) is 0 Å². The van der Waals surface area contributed by atoms with Crippen LogP contribution in [0, 0.1) is 5.92 Å². The van der Waals surface area contributed by atoms with Gasteiger partial charge >= 0.3 is 0 Å². The predicted octanol–water partition coefficient (Wildman–Crippen LogP) is 2.48. The Morgan fingerprint density at radius 1 is 0.933 bits per heavy atom. The minimum Gasteiger partial charge on any atom is -0.370 e. The average molecular weight is 415 g/mol. The maximum Gasteiger partial charge on any atom is 0.237 e. The maximum atomic E-state index is 13.0. The van der Waals surface area contributed by atoms with Crippen LogP contribution in [0.3, 0.4) is 0 Å². The Morgan fingerprint density at radius 2 is 1.60 bits per heavy atom. The van der Waals surface area contributed by atoms with Crippen LogP contribution in [0.25, 0.3) is 0 Å². The number of nitrogens with two attached hydrogens (primary N) is 1. The number of rotatable bonds is 9. The molecule has 30 heavy (non-hydrogen) atoms. The number of hydrogen-bond donors (Lipinski definition) is 1. The summed E-state index contributed by atoms with van der Waals surface area (Å²) in [5.41, 5.74) is 6.40. The zero-order valence-corrected chi connectivity index (χ0v) is 18.3. The molecule has 2 aliphatic rings. The van der Waals surface area contributed by atoms with Gasteiger partial charge in [-0.2, -0.15) is 0 Å². The SMILES string of the molecule is NC(=O)CCN(Cc1ccccc1)C(=O)CN1CCC(CN2CCCCCC2)CC1. The van der Waals surface area contributed by atoms with Crippen molar-refractivity contribution in [1.82, 2.24) is 14.7 Å². The summed E-state index contributed by atoms with van der Waals surface area (Å²) in [7, 11) is 0. The molecular weight excluding hydrogens is 376 g/mol. The fraction of sp³-hybridized carbons (Fsp3) is 0.667. The zero-order valence-electron chi connectivity index (χ0n) is 18.3. The normalized spacial score (nSPS) is 19.3. The lowest BCUT2D eigenvalue weighted by atomic mass is 9.96. The van der Waals surface area contributed by atoms with Crippen molar-refractivity contribution >= 4 is 11.8 Å². The van der Waals surface area contributed by atoms with Gasteiger partial charge in [-0.25, -0.2) is 0 Å². The molecule has 3 rings (SSSR count). The van der Waals surface area contributed by atoms with E-state index in [1.807, 2.05) is 30.3 Å². The second-order valence-electron chi connectivity index (χ2n) is 8.95. The van der Waals surface area contributed by atoms with Crippen molar-refractivity contribution in [3.63, 3.8) is 0 Å². The largest absolute Gasteiger partial charge is 0.370 e. The van der Waals surface area contributed by atoms with Crippen molar-refractivity contribution in [1.29, 1.82) is 0 Å². The quantitative estimate of drug-likeness (QED) is 0.674. The molecule has 2 aliphatic heterocycles. The van der Waals surface area contributed by atoms with Gasteiger partial charge in [-0.1, -0.05) is 43.2 Å². The van der Waals surface area contributed by atoms with Crippen LogP contribution in [-0.2, 0) is 16.1 Å². The summed E-state index contributed by atoms with van der Waals surface area (Å²) in [6.07, 6.45) is 7.99. The van der Waals surface area contributed by atoms with Gasteiger partial charge in [0.15, 0.2) is 0 Å². The average Bonchev–Trinajstić information content (AvgIpc) is 3.02. The van der Waals surface area contributed by atoms with Crippen LogP contribution >= 0.6 is 0 Å². The van der Waals surface area contributed by atoms with Gasteiger partial charge < -0.3 is 15.5 Å². The highest BCUT2D eigenvalue weighted by atomic mass is 16.2. The number of benzene rings is 1. The predicted molar refractivity (Wildman–Crippen MR) is 120 cm³/mol. The first-order valence-electron chi connectivity index (χ1n) is 11.6. The maximum absolute atomic E-state index is 13.0. The molecule has 2 fully saturated rings. The highest BCUT2D eigenvalue weighted by Crippen LogP contribution is 2.20. The molecule has 0 aromatic heterocycles. The van der Waals surface area contributed by atoms with E-state index in [2.05, 4.69) is 9.80 Å². The molecule has 2 saturated heterocycles. The first-order chi connectivity index (χ1) is 14.6. The van der Waals surface area contributed by atoms with Gasteiger partial charge in [0, 0.05) is 26.1 Å². The molecule has 1 aromatic carbocycles. The molecule has 0 saturated carbocycles. The Kier molecular flexibility index (Phi) is 9.15. The van der Waals surface area contributed by atoms with E-state index in [0.717, 1.165) is 24.6 Å². The van der Waals surface area contributed by atoms with E-state index in [4.69, 9.17) is 5.73 Å². The standard InChI is InChI=1S/C24H38N4O2/c25-23(29)12-17-28(19-21-8-4-3-5-9-21)24(30)20-27-15-10-22(11-16-27)18-26-13-6-1-2-7-14-26/h3-5,8-9,22H,1-2,6-7,10-20H2,(H2,25,29). The Labute approximate surface area is 181 Å². The number of amides is 2. The fourth-order valence-electron chi connectivity index (χ4n) is 4.64. The molecule has 0 unspecified atom stereocenters. The molecule has 0 bridgehead atoms. The molecule has 0 aliphatic carbocycles. The molecule has 1 aromatic rings. The van der Waals surface area contributed by atoms with Crippen LogP contribution in [0.5, 0.6) is 0 Å². The van der Waals surface area contributed by atoms with Crippen molar-refractivity contribution in [2.24, 2.45) is 11.7 Å². The van der Waals surface area contributed by atoms with Crippen LogP contribution in [-0.4, -0.2) is 72.3 Å². The van der Waals surface area contributed by atoms with E-state index in [-0.39, 0.29) is 18.2 Å². The van der Waals surface area contributed by atoms with Crippen molar-refractivity contribution in [3.05, 3.63) is 35.9 Å². The monoisotopic (exact) mass is 414 g/mol. The summed E-state index contributed by atoms with van der Waals surface area (Å²) in [5.74, 6) is 0.478. The van der Waals surface area contributed by atoms with Gasteiger partial charge in [-0.05, 0) is 63.3 Å². The van der Waals surface area contributed by atoms with Crippen molar-refractivity contribution < 1.29 is 9.59 Å². The second kappa shape index (κ2) is 12.1. The van der Waals surface area contributed by atoms with Gasteiger partial charge in [0.05, 0.1) is 6.54 Å². The van der Waals surface area contributed by atoms with Gasteiger partial charge in [-0.3, -0.25) is 14.5 Å². The molecule has 2 amide bonds. The van der Waals surface area contributed by atoms with Crippen molar-refractivity contribution in [3.8, 4) is 0 Å². The Hall–Kier alpha value is -1.92. The third-order valence-electron chi connectivity index (χ3n) is 6.48. The Morgan fingerprint density at radius 3 is 2.23 bits per heavy atom. The lowest BCUT2D eigenvalue weighted by molar-refractivity contribution is -0.133. The Bertz CT molecular complexity index is 650. The fourth-order valence-corrected chi connectivity index (χ4v) is 4.64. The van der Waals surface area contributed by atoms with Crippen LogP contribution in [0.15, 0.2) is 30.3 Å². The highest BCUT2D eigenvalue weighted by molar-refractivity contribution is 5.79. The molecule has 0 atom stereocenters. The van der Waals surface area contributed by atoms with E-state index < -0.39 is 0 Å². The molecule has 166 valence electrons. The first kappa shape index (κ1) is 22.8. The van der Waals surface area contributed by atoms with Crippen molar-refractivity contribution in [2.75, 3.05) is 45.8 Å². The summed E-state index contributed by atoms with van der Waals surface area (Å²) in [6, 6.07) is 9.94. The number of likely N-dealkylation sites (tertiary alicyclic amines) is 2. The van der Waals surface area contributed by atoms with E-state index in [1.165, 1.54) is 58.2 Å². The van der Waals surface area contributed by atoms with E-state index in [0.29, 0.717) is 19.6 Å². The highest BCUT2D eigenvalue weighted by Gasteiger charge is 2.25. The minimum atomic E-state index is -0.366. The number of nitrogens with zero attached hydrogens (tertiary/aromatic N) is 3. The van der Waals surface area contributed by atoms with Crippen LogP contribution in [0.2, 0.25) is 0 Å². The van der Waals surface area contributed by atoms with Gasteiger partial charge in [0.1, 0.15) is 0 Å². The zero-order chi connectivity index (χ0) is 21.2. The molecule has 2 heterocycles. The second-order valence-corrected chi connectivity index (χ2v) is 8.95. The lowest BCUT2D eigenvalue weighted by Gasteiger charge is -2.35. The summed E-state index contributed by atoms with van der Waals surface area (Å²) in [5, 5.41) is 0. The van der Waals surface area contributed by atoms with E-state index >= 15 is 0 Å². The third-order valence-corrected chi connectivity index (χ3v) is 6.48. The van der Waals surface area contributed by atoms with Crippen LogP contribution < -0.4 is 5.73 Å². The van der Waals surface area contributed by atoms with Crippen LogP contribution in [0.1, 0.15) is 50.5 Å². The number of piperidine rings is 1. The summed E-state index contributed by atoms with van der Waals surface area (Å²) >= 11 is 0. The number of hydrogen-bond acceptors (Lipinski definition) is 4. The van der Waals surface area contributed by atoms with E-state index in [1.54, 1.807) is 4.90 Å². The molecule has 6 heteroatoms. The third kappa shape index (κ3) is 7.73. The van der Waals surface area contributed by atoms with Crippen molar-refractivity contribution in [2.45, 2.75) is 51.5 Å². The molecular formula is C24H38N4O2. The molecule has 6 nitrogen and oxygen atoms in total. The smallest absolute Gasteiger partial charge is 0.237 e. The number of carbonyl (C=O) groups is 2. The number of carbonyl (C=O) groups excluding carboxylic acids is 2. The molecule has 0 spiro atoms. The van der Waals surface area contributed by atoms with Gasteiger partial charge in [0.2, 0.25) is 11.8 Å². The van der Waals surface area contributed by atoms with Crippen LogP contribution in [0.4, 0.5) is 0 Å². The topological polar surface area (TPSA) is 69.9 Å². The lowest BCUT2D eigenvalue weighted by Crippen LogP contribution is -2.45.